The van der Waals surface area contributed by atoms with Crippen molar-refractivity contribution in [3.05, 3.63) is 46.6 Å². The highest BCUT2D eigenvalue weighted by Gasteiger charge is 2.32. The first kappa shape index (κ1) is 16.8. The Hall–Kier alpha value is -2.08. The van der Waals surface area contributed by atoms with Gasteiger partial charge >= 0.3 is 6.03 Å². The summed E-state index contributed by atoms with van der Waals surface area (Å²) in [7, 11) is 0. The van der Waals surface area contributed by atoms with Crippen LogP contribution in [0.1, 0.15) is 43.7 Å². The van der Waals surface area contributed by atoms with Crippen LogP contribution in [-0.2, 0) is 6.42 Å². The van der Waals surface area contributed by atoms with Crippen molar-refractivity contribution < 1.29 is 13.7 Å². The van der Waals surface area contributed by atoms with Gasteiger partial charge in [-0.05, 0) is 37.5 Å². The van der Waals surface area contributed by atoms with Gasteiger partial charge in [0, 0.05) is 24.7 Å². The molecule has 2 heterocycles. The van der Waals surface area contributed by atoms with E-state index >= 15 is 0 Å². The molecule has 0 radical (unpaired) electrons. The first-order valence-electron chi connectivity index (χ1n) is 8.06. The summed E-state index contributed by atoms with van der Waals surface area (Å²) in [6.07, 6.45) is 3.56. The molecule has 2 amide bonds. The van der Waals surface area contributed by atoms with E-state index < -0.39 is 5.82 Å². The second-order valence-electron chi connectivity index (χ2n) is 5.88. The van der Waals surface area contributed by atoms with Gasteiger partial charge in [0.05, 0.1) is 11.1 Å². The maximum Gasteiger partial charge on any atom is 0.322 e. The maximum atomic E-state index is 13.2. The zero-order valence-electron chi connectivity index (χ0n) is 13.4. The second-order valence-corrected chi connectivity index (χ2v) is 6.29. The summed E-state index contributed by atoms with van der Waals surface area (Å²) in [4.78, 5) is 14.3. The van der Waals surface area contributed by atoms with Gasteiger partial charge in [-0.15, -0.1) is 0 Å². The molecular formula is C17H19ClFN3O2. The number of aromatic nitrogens is 1. The summed E-state index contributed by atoms with van der Waals surface area (Å²) >= 11 is 5.75. The molecule has 1 saturated heterocycles. The topological polar surface area (TPSA) is 58.4 Å². The maximum absolute atomic E-state index is 13.2. The fourth-order valence-electron chi connectivity index (χ4n) is 2.94. The van der Waals surface area contributed by atoms with Crippen molar-refractivity contribution in [2.45, 2.75) is 38.6 Å². The summed E-state index contributed by atoms with van der Waals surface area (Å²) in [5.74, 6) is 0.324. The van der Waals surface area contributed by atoms with Crippen LogP contribution < -0.4 is 5.32 Å². The molecular weight excluding hydrogens is 333 g/mol. The molecule has 1 fully saturated rings. The number of urea groups is 1. The predicted octanol–water partition coefficient (Wildman–Crippen LogP) is 4.79. The van der Waals surface area contributed by atoms with E-state index in [9.17, 15) is 9.18 Å². The van der Waals surface area contributed by atoms with Crippen molar-refractivity contribution in [1.82, 2.24) is 10.1 Å². The van der Waals surface area contributed by atoms with Crippen molar-refractivity contribution in [2.75, 3.05) is 11.9 Å². The minimum absolute atomic E-state index is 0.0218. The number of hydrogen-bond donors (Lipinski definition) is 1. The number of nitrogens with one attached hydrogen (secondary N) is 1. The van der Waals surface area contributed by atoms with Crippen molar-refractivity contribution >= 4 is 23.3 Å². The number of hydrogen-bond acceptors (Lipinski definition) is 3. The predicted molar refractivity (Wildman–Crippen MR) is 89.6 cm³/mol. The largest absolute Gasteiger partial charge is 0.361 e. The Morgan fingerprint density at radius 1 is 1.50 bits per heavy atom. The average molecular weight is 352 g/mol. The summed E-state index contributed by atoms with van der Waals surface area (Å²) in [5, 5.41) is 6.85. The number of rotatable bonds is 4. The zero-order chi connectivity index (χ0) is 17.1. The molecule has 1 aromatic heterocycles. The minimum Gasteiger partial charge on any atom is -0.361 e. The number of carbonyl (C=O) groups excluding carboxylic acids is 1. The Bertz CT molecular complexity index is 734. The molecule has 3 rings (SSSR count). The molecule has 5 nitrogen and oxygen atoms in total. The Balaban J connectivity index is 1.71. The first-order chi connectivity index (χ1) is 11.6. The number of nitrogens with zero attached hydrogens (tertiary/aromatic N) is 2. The molecule has 1 atom stereocenters. The monoisotopic (exact) mass is 351 g/mol. The van der Waals surface area contributed by atoms with Gasteiger partial charge in [-0.3, -0.25) is 0 Å². The van der Waals surface area contributed by atoms with Gasteiger partial charge in [-0.2, -0.15) is 0 Å². The molecule has 1 aromatic carbocycles. The fraction of sp³-hybridized carbons (Fsp3) is 0.412. The third-order valence-corrected chi connectivity index (χ3v) is 4.39. The van der Waals surface area contributed by atoms with Gasteiger partial charge in [-0.1, -0.05) is 23.7 Å². The van der Waals surface area contributed by atoms with E-state index in [0.29, 0.717) is 12.2 Å². The molecule has 0 bridgehead atoms. The lowest BCUT2D eigenvalue weighted by Crippen LogP contribution is -2.34. The van der Waals surface area contributed by atoms with Gasteiger partial charge < -0.3 is 14.7 Å². The van der Waals surface area contributed by atoms with Crippen LogP contribution in [0.3, 0.4) is 0 Å². The van der Waals surface area contributed by atoms with Crippen LogP contribution >= 0.6 is 11.6 Å². The molecule has 0 unspecified atom stereocenters. The molecule has 7 heteroatoms. The number of anilines is 1. The minimum atomic E-state index is -0.514. The molecule has 0 aliphatic carbocycles. The highest BCUT2D eigenvalue weighted by atomic mass is 35.5. The summed E-state index contributed by atoms with van der Waals surface area (Å²) in [5.41, 5.74) is 1.24. The number of benzene rings is 1. The van der Waals surface area contributed by atoms with Crippen LogP contribution in [0, 0.1) is 5.82 Å². The van der Waals surface area contributed by atoms with Gasteiger partial charge in [-0.25, -0.2) is 9.18 Å². The molecule has 1 aliphatic rings. The van der Waals surface area contributed by atoms with Gasteiger partial charge in [0.15, 0.2) is 0 Å². The van der Waals surface area contributed by atoms with Crippen LogP contribution in [0.5, 0.6) is 0 Å². The van der Waals surface area contributed by atoms with E-state index in [0.717, 1.165) is 37.1 Å². The lowest BCUT2D eigenvalue weighted by molar-refractivity contribution is 0.204. The van der Waals surface area contributed by atoms with E-state index in [1.54, 1.807) is 4.90 Å². The number of halogens is 2. The van der Waals surface area contributed by atoms with Crippen molar-refractivity contribution in [3.63, 3.8) is 0 Å². The van der Waals surface area contributed by atoms with E-state index in [1.807, 2.05) is 6.07 Å². The van der Waals surface area contributed by atoms with Crippen molar-refractivity contribution in [1.29, 1.82) is 0 Å². The van der Waals surface area contributed by atoms with Crippen LogP contribution in [0.15, 0.2) is 28.8 Å². The standard InChI is InChI=1S/C17H19ClFN3O2/c1-2-4-12-10-15(21-24-12)16-5-3-8-22(16)17(23)20-11-6-7-14(19)13(18)9-11/h6-7,9-10,16H,2-5,8H2,1H3,(H,20,23)/t16-/m0/s1. The number of aryl methyl sites for hydroxylation is 1. The third-order valence-electron chi connectivity index (χ3n) is 4.10. The van der Waals surface area contributed by atoms with Gasteiger partial charge in [0.1, 0.15) is 17.3 Å². The lowest BCUT2D eigenvalue weighted by Gasteiger charge is -2.23. The molecule has 24 heavy (non-hydrogen) atoms. The number of amides is 2. The van der Waals surface area contributed by atoms with E-state index in [2.05, 4.69) is 17.4 Å². The normalized spacial score (nSPS) is 17.3. The van der Waals surface area contributed by atoms with E-state index in [4.69, 9.17) is 16.1 Å². The first-order valence-corrected chi connectivity index (χ1v) is 8.44. The lowest BCUT2D eigenvalue weighted by atomic mass is 10.1. The second kappa shape index (κ2) is 7.21. The number of carbonyl (C=O) groups is 1. The summed E-state index contributed by atoms with van der Waals surface area (Å²) in [6, 6.07) is 5.69. The Morgan fingerprint density at radius 2 is 2.33 bits per heavy atom. The van der Waals surface area contributed by atoms with Crippen molar-refractivity contribution in [3.8, 4) is 0 Å². The Morgan fingerprint density at radius 3 is 3.08 bits per heavy atom. The molecule has 0 spiro atoms. The van der Waals surface area contributed by atoms with Crippen LogP contribution in [-0.4, -0.2) is 22.6 Å². The number of likely N-dealkylation sites (tertiary alicyclic amines) is 1. The SMILES string of the molecule is CCCc1cc([C@@H]2CCCN2C(=O)Nc2ccc(F)c(Cl)c2)no1. The van der Waals surface area contributed by atoms with E-state index in [-0.39, 0.29) is 17.1 Å². The highest BCUT2D eigenvalue weighted by Crippen LogP contribution is 2.32. The van der Waals surface area contributed by atoms with Crippen LogP contribution in [0.25, 0.3) is 0 Å². The summed E-state index contributed by atoms with van der Waals surface area (Å²) < 4.78 is 18.5. The Kier molecular flexibility index (Phi) is 5.04. The van der Waals surface area contributed by atoms with Gasteiger partial charge in [0.2, 0.25) is 0 Å². The van der Waals surface area contributed by atoms with Crippen molar-refractivity contribution in [2.24, 2.45) is 0 Å². The smallest absolute Gasteiger partial charge is 0.322 e. The van der Waals surface area contributed by atoms with Crippen LogP contribution in [0.4, 0.5) is 14.9 Å². The molecule has 128 valence electrons. The molecule has 1 aliphatic heterocycles. The highest BCUT2D eigenvalue weighted by molar-refractivity contribution is 6.31. The Labute approximate surface area is 144 Å². The van der Waals surface area contributed by atoms with E-state index in [1.165, 1.54) is 18.2 Å². The molecule has 0 saturated carbocycles. The average Bonchev–Trinajstić information content (AvgIpc) is 3.20. The molecule has 2 aromatic rings. The fourth-order valence-corrected chi connectivity index (χ4v) is 3.12. The molecule has 1 N–H and O–H groups in total. The zero-order valence-corrected chi connectivity index (χ0v) is 14.1. The summed E-state index contributed by atoms with van der Waals surface area (Å²) in [6.45, 7) is 2.72. The quantitative estimate of drug-likeness (QED) is 0.861. The van der Waals surface area contributed by atoms with Gasteiger partial charge in [0.25, 0.3) is 0 Å². The third kappa shape index (κ3) is 3.53. The van der Waals surface area contributed by atoms with Crippen LogP contribution in [0.2, 0.25) is 5.02 Å².